The molecule has 0 aromatic heterocycles. The van der Waals surface area contributed by atoms with Crippen molar-refractivity contribution in [3.05, 3.63) is 30.3 Å². The molecule has 1 aromatic rings. The zero-order chi connectivity index (χ0) is 11.1. The van der Waals surface area contributed by atoms with Gasteiger partial charge in [-0.25, -0.2) is 0 Å². The first-order valence-electron chi connectivity index (χ1n) is 5.48. The lowest BCUT2D eigenvalue weighted by molar-refractivity contribution is 0.484. The molecule has 3 heteroatoms. The Labute approximate surface area is 92.5 Å². The standard InChI is InChI=1S/C12H19O2P/c1-3-7-11(2)10-15(13)14-12-8-5-4-6-9-12/h4-6,8-9,11,15H,3,7,10H2,1-2H3. The Morgan fingerprint density at radius 3 is 2.60 bits per heavy atom. The minimum atomic E-state index is -1.91. The summed E-state index contributed by atoms with van der Waals surface area (Å²) in [4.78, 5) is 0. The quantitative estimate of drug-likeness (QED) is 0.686. The van der Waals surface area contributed by atoms with Crippen LogP contribution in [0.5, 0.6) is 5.75 Å². The minimum absolute atomic E-state index is 0.491. The van der Waals surface area contributed by atoms with E-state index in [2.05, 4.69) is 13.8 Å². The van der Waals surface area contributed by atoms with Crippen LogP contribution < -0.4 is 4.52 Å². The fraction of sp³-hybridized carbons (Fsp3) is 0.500. The highest BCUT2D eigenvalue weighted by atomic mass is 31.1. The van der Waals surface area contributed by atoms with E-state index in [4.69, 9.17) is 4.52 Å². The van der Waals surface area contributed by atoms with Gasteiger partial charge in [-0.2, -0.15) is 0 Å². The molecule has 84 valence electrons. The summed E-state index contributed by atoms with van der Waals surface area (Å²) in [6, 6.07) is 9.38. The van der Waals surface area contributed by atoms with Crippen molar-refractivity contribution in [2.24, 2.45) is 5.92 Å². The van der Waals surface area contributed by atoms with Crippen molar-refractivity contribution >= 4 is 8.03 Å². The van der Waals surface area contributed by atoms with Crippen LogP contribution in [-0.4, -0.2) is 6.16 Å². The van der Waals surface area contributed by atoms with Crippen LogP contribution >= 0.6 is 8.03 Å². The number of para-hydroxylation sites is 1. The maximum atomic E-state index is 11.7. The third-order valence-electron chi connectivity index (χ3n) is 2.27. The van der Waals surface area contributed by atoms with E-state index in [1.807, 2.05) is 30.3 Å². The molecule has 0 aliphatic carbocycles. The van der Waals surface area contributed by atoms with E-state index >= 15 is 0 Å². The van der Waals surface area contributed by atoms with Crippen LogP contribution in [0.4, 0.5) is 0 Å². The third kappa shape index (κ3) is 5.03. The Morgan fingerprint density at radius 1 is 1.33 bits per heavy atom. The highest BCUT2D eigenvalue weighted by molar-refractivity contribution is 7.39. The largest absolute Gasteiger partial charge is 0.445 e. The number of hydrogen-bond acceptors (Lipinski definition) is 2. The van der Waals surface area contributed by atoms with Gasteiger partial charge in [-0.3, -0.25) is 4.57 Å². The highest BCUT2D eigenvalue weighted by Gasteiger charge is 2.07. The average Bonchev–Trinajstić information content (AvgIpc) is 2.19. The lowest BCUT2D eigenvalue weighted by atomic mass is 10.1. The molecule has 0 aliphatic rings. The first kappa shape index (κ1) is 12.3. The maximum absolute atomic E-state index is 11.7. The van der Waals surface area contributed by atoms with E-state index in [1.165, 1.54) is 0 Å². The second kappa shape index (κ2) is 6.68. The summed E-state index contributed by atoms with van der Waals surface area (Å²) in [6.45, 7) is 4.27. The molecule has 0 saturated carbocycles. The van der Waals surface area contributed by atoms with Gasteiger partial charge in [-0.15, -0.1) is 0 Å². The second-order valence-corrected chi connectivity index (χ2v) is 5.24. The van der Waals surface area contributed by atoms with Crippen LogP contribution in [0.3, 0.4) is 0 Å². The molecule has 0 N–H and O–H groups in total. The Kier molecular flexibility index (Phi) is 5.49. The van der Waals surface area contributed by atoms with Crippen molar-refractivity contribution in [3.8, 4) is 5.75 Å². The van der Waals surface area contributed by atoms with Crippen molar-refractivity contribution in [3.63, 3.8) is 0 Å². The summed E-state index contributed by atoms with van der Waals surface area (Å²) >= 11 is 0. The fourth-order valence-electron chi connectivity index (χ4n) is 1.54. The number of hydrogen-bond donors (Lipinski definition) is 0. The van der Waals surface area contributed by atoms with Crippen molar-refractivity contribution in [1.82, 2.24) is 0 Å². The molecule has 1 rings (SSSR count). The summed E-state index contributed by atoms with van der Waals surface area (Å²) in [5, 5.41) is 0. The Bertz CT molecular complexity index is 298. The van der Waals surface area contributed by atoms with Gasteiger partial charge in [0, 0.05) is 6.16 Å². The van der Waals surface area contributed by atoms with Gasteiger partial charge in [0.15, 0.2) is 0 Å². The van der Waals surface area contributed by atoms with E-state index in [1.54, 1.807) is 0 Å². The number of rotatable bonds is 6. The molecule has 0 aliphatic heterocycles. The van der Waals surface area contributed by atoms with Crippen molar-refractivity contribution in [2.75, 3.05) is 6.16 Å². The van der Waals surface area contributed by atoms with E-state index in [-0.39, 0.29) is 0 Å². The monoisotopic (exact) mass is 226 g/mol. The summed E-state index contributed by atoms with van der Waals surface area (Å²) in [6.07, 6.45) is 2.95. The molecule has 0 fully saturated rings. The zero-order valence-corrected chi connectivity index (χ0v) is 10.4. The Balaban J connectivity index is 2.36. The van der Waals surface area contributed by atoms with Gasteiger partial charge < -0.3 is 4.52 Å². The summed E-state index contributed by atoms with van der Waals surface area (Å²) in [5.41, 5.74) is 0. The SMILES string of the molecule is CCCC(C)C[PH](=O)Oc1ccccc1. The number of benzene rings is 1. The molecule has 0 bridgehead atoms. The third-order valence-corrected chi connectivity index (χ3v) is 3.77. The molecule has 0 amide bonds. The predicted molar refractivity (Wildman–Crippen MR) is 65.0 cm³/mol. The van der Waals surface area contributed by atoms with E-state index in [0.29, 0.717) is 17.8 Å². The smallest absolute Gasteiger partial charge is 0.237 e. The van der Waals surface area contributed by atoms with Gasteiger partial charge in [0.1, 0.15) is 5.75 Å². The summed E-state index contributed by atoms with van der Waals surface area (Å²) in [7, 11) is -1.91. The Hall–Kier alpha value is -0.750. The van der Waals surface area contributed by atoms with Gasteiger partial charge in [-0.1, -0.05) is 44.9 Å². The van der Waals surface area contributed by atoms with E-state index in [0.717, 1.165) is 12.8 Å². The summed E-state index contributed by atoms with van der Waals surface area (Å²) in [5.74, 6) is 1.20. The van der Waals surface area contributed by atoms with Crippen LogP contribution in [0.1, 0.15) is 26.7 Å². The van der Waals surface area contributed by atoms with Gasteiger partial charge in [-0.05, 0) is 18.1 Å². The second-order valence-electron chi connectivity index (χ2n) is 3.89. The van der Waals surface area contributed by atoms with Crippen molar-refractivity contribution < 1.29 is 9.09 Å². The molecule has 0 radical (unpaired) electrons. The first-order chi connectivity index (χ1) is 7.22. The van der Waals surface area contributed by atoms with Crippen LogP contribution in [0, 0.1) is 5.92 Å². The summed E-state index contributed by atoms with van der Waals surface area (Å²) < 4.78 is 17.0. The zero-order valence-electron chi connectivity index (χ0n) is 9.40. The highest BCUT2D eigenvalue weighted by Crippen LogP contribution is 2.29. The molecule has 1 aromatic carbocycles. The van der Waals surface area contributed by atoms with Crippen molar-refractivity contribution in [1.29, 1.82) is 0 Å². The molecule has 0 saturated heterocycles. The molecule has 0 spiro atoms. The maximum Gasteiger partial charge on any atom is 0.237 e. The molecule has 2 nitrogen and oxygen atoms in total. The first-order valence-corrected chi connectivity index (χ1v) is 7.00. The molecule has 2 atom stereocenters. The molecular formula is C12H19O2P. The van der Waals surface area contributed by atoms with E-state index < -0.39 is 8.03 Å². The molecule has 2 unspecified atom stereocenters. The van der Waals surface area contributed by atoms with Crippen LogP contribution in [0.2, 0.25) is 0 Å². The lowest BCUT2D eigenvalue weighted by Gasteiger charge is -2.10. The van der Waals surface area contributed by atoms with E-state index in [9.17, 15) is 4.57 Å². The molecule has 0 heterocycles. The van der Waals surface area contributed by atoms with Crippen LogP contribution in [-0.2, 0) is 4.57 Å². The Morgan fingerprint density at radius 2 is 2.00 bits per heavy atom. The predicted octanol–water partition coefficient (Wildman–Crippen LogP) is 3.98. The van der Waals surface area contributed by atoms with Gasteiger partial charge in [0.25, 0.3) is 0 Å². The van der Waals surface area contributed by atoms with Crippen LogP contribution in [0.15, 0.2) is 30.3 Å². The van der Waals surface area contributed by atoms with Gasteiger partial charge in [0.2, 0.25) is 8.03 Å². The molecular weight excluding hydrogens is 207 g/mol. The minimum Gasteiger partial charge on any atom is -0.445 e. The lowest BCUT2D eigenvalue weighted by Crippen LogP contribution is -1.99. The fourth-order valence-corrected chi connectivity index (χ4v) is 2.80. The van der Waals surface area contributed by atoms with Gasteiger partial charge in [0.05, 0.1) is 0 Å². The van der Waals surface area contributed by atoms with Crippen molar-refractivity contribution in [2.45, 2.75) is 26.7 Å². The normalized spacial score (nSPS) is 14.5. The molecule has 15 heavy (non-hydrogen) atoms. The average molecular weight is 226 g/mol. The van der Waals surface area contributed by atoms with Gasteiger partial charge >= 0.3 is 0 Å². The van der Waals surface area contributed by atoms with Crippen LogP contribution in [0.25, 0.3) is 0 Å². The topological polar surface area (TPSA) is 26.3 Å².